The van der Waals surface area contributed by atoms with Crippen LogP contribution in [0.25, 0.3) is 0 Å². The lowest BCUT2D eigenvalue weighted by Gasteiger charge is -2.18. The zero-order valence-electron chi connectivity index (χ0n) is 16.1. The topological polar surface area (TPSA) is 81.4 Å². The molecule has 1 atom stereocenters. The van der Waals surface area contributed by atoms with Gasteiger partial charge >= 0.3 is 0 Å². The summed E-state index contributed by atoms with van der Waals surface area (Å²) in [5, 5.41) is 3.46. The van der Waals surface area contributed by atoms with Crippen molar-refractivity contribution in [3.05, 3.63) is 45.3 Å². The van der Waals surface area contributed by atoms with Gasteiger partial charge in [-0.3, -0.25) is 9.59 Å². The van der Waals surface area contributed by atoms with E-state index in [1.807, 2.05) is 39.0 Å². The fourth-order valence-electron chi connectivity index (χ4n) is 3.38. The highest BCUT2D eigenvalue weighted by molar-refractivity contribution is 7.17. The number of fused-ring (bicyclic) bond motifs is 1. The number of carbonyl (C=O) groups excluding carboxylic acids is 2. The molecule has 0 saturated carbocycles. The first-order valence-corrected chi connectivity index (χ1v) is 10.2. The summed E-state index contributed by atoms with van der Waals surface area (Å²) in [7, 11) is 0. The number of rotatable bonds is 6. The second-order valence-electron chi connectivity index (χ2n) is 7.03. The van der Waals surface area contributed by atoms with Gasteiger partial charge in [-0.15, -0.1) is 11.3 Å². The lowest BCUT2D eigenvalue weighted by atomic mass is 9.95. The van der Waals surface area contributed by atoms with Gasteiger partial charge in [-0.05, 0) is 74.8 Å². The van der Waals surface area contributed by atoms with E-state index in [1.165, 1.54) is 16.9 Å². The highest BCUT2D eigenvalue weighted by Crippen LogP contribution is 2.38. The molecule has 5 nitrogen and oxygen atoms in total. The molecule has 0 bridgehead atoms. The van der Waals surface area contributed by atoms with Gasteiger partial charge in [0.2, 0.25) is 0 Å². The molecular weight excluding hydrogens is 360 g/mol. The van der Waals surface area contributed by atoms with Crippen LogP contribution in [0, 0.1) is 13.8 Å². The van der Waals surface area contributed by atoms with Crippen molar-refractivity contribution in [1.82, 2.24) is 0 Å². The molecule has 1 heterocycles. The third-order valence-electron chi connectivity index (χ3n) is 5.07. The zero-order valence-corrected chi connectivity index (χ0v) is 16.9. The molecule has 2 amide bonds. The number of nitrogens with one attached hydrogen (secondary N) is 1. The van der Waals surface area contributed by atoms with Crippen LogP contribution in [0.1, 0.15) is 58.1 Å². The van der Waals surface area contributed by atoms with Crippen LogP contribution >= 0.6 is 11.3 Å². The van der Waals surface area contributed by atoms with E-state index in [2.05, 4.69) is 5.32 Å². The number of carbonyl (C=O) groups is 2. The number of primary amides is 1. The fraction of sp³-hybridized carbons (Fsp3) is 0.429. The molecule has 0 saturated heterocycles. The molecular formula is C21H26N2O3S. The van der Waals surface area contributed by atoms with Crippen LogP contribution in [0.15, 0.2) is 18.2 Å². The van der Waals surface area contributed by atoms with E-state index in [9.17, 15) is 9.59 Å². The number of benzene rings is 1. The van der Waals surface area contributed by atoms with Gasteiger partial charge in [0.15, 0.2) is 6.10 Å². The SMILES string of the molecule is CCC(Oc1ccc(C)c(C)c1)C(=O)Nc1sc2c(c1C(N)=O)CCCC2. The fourth-order valence-corrected chi connectivity index (χ4v) is 4.68. The van der Waals surface area contributed by atoms with E-state index in [0.29, 0.717) is 22.7 Å². The predicted octanol–water partition coefficient (Wildman–Crippen LogP) is 4.14. The Bertz CT molecular complexity index is 873. The lowest BCUT2D eigenvalue weighted by molar-refractivity contribution is -0.122. The minimum Gasteiger partial charge on any atom is -0.481 e. The van der Waals surface area contributed by atoms with Crippen molar-refractivity contribution in [2.75, 3.05) is 5.32 Å². The highest BCUT2D eigenvalue weighted by Gasteiger charge is 2.27. The van der Waals surface area contributed by atoms with Crippen molar-refractivity contribution >= 4 is 28.2 Å². The van der Waals surface area contributed by atoms with Crippen LogP contribution in [0.4, 0.5) is 5.00 Å². The smallest absolute Gasteiger partial charge is 0.266 e. The zero-order chi connectivity index (χ0) is 19.6. The summed E-state index contributed by atoms with van der Waals surface area (Å²) in [6.45, 7) is 5.95. The van der Waals surface area contributed by atoms with Crippen LogP contribution in [-0.4, -0.2) is 17.9 Å². The normalized spacial score (nSPS) is 14.3. The second-order valence-corrected chi connectivity index (χ2v) is 8.13. The van der Waals surface area contributed by atoms with Crippen LogP contribution in [0.5, 0.6) is 5.75 Å². The maximum Gasteiger partial charge on any atom is 0.266 e. The number of nitrogens with two attached hydrogens (primary N) is 1. The Labute approximate surface area is 163 Å². The Balaban J connectivity index is 1.79. The van der Waals surface area contributed by atoms with Gasteiger partial charge < -0.3 is 15.8 Å². The summed E-state index contributed by atoms with van der Waals surface area (Å²) in [4.78, 5) is 25.9. The van der Waals surface area contributed by atoms with Gasteiger partial charge in [-0.1, -0.05) is 13.0 Å². The predicted molar refractivity (Wildman–Crippen MR) is 109 cm³/mol. The number of hydrogen-bond acceptors (Lipinski definition) is 4. The molecule has 2 aromatic rings. The van der Waals surface area contributed by atoms with Crippen LogP contribution in [0.3, 0.4) is 0 Å². The number of amides is 2. The molecule has 6 heteroatoms. The summed E-state index contributed by atoms with van der Waals surface area (Å²) in [6.07, 6.45) is 3.82. The number of ether oxygens (including phenoxy) is 1. The largest absolute Gasteiger partial charge is 0.481 e. The molecule has 1 aromatic carbocycles. The number of aryl methyl sites for hydroxylation is 3. The summed E-state index contributed by atoms with van der Waals surface area (Å²) in [5.74, 6) is -0.0645. The maximum absolute atomic E-state index is 12.8. The Hall–Kier alpha value is -2.34. The Morgan fingerprint density at radius 2 is 1.96 bits per heavy atom. The molecule has 1 aromatic heterocycles. The quantitative estimate of drug-likeness (QED) is 0.783. The van der Waals surface area contributed by atoms with Crippen LogP contribution in [-0.2, 0) is 17.6 Å². The monoisotopic (exact) mass is 386 g/mol. The Kier molecular flexibility index (Phi) is 5.85. The first kappa shape index (κ1) is 19.4. The molecule has 3 rings (SSSR count). The Morgan fingerprint density at radius 3 is 2.63 bits per heavy atom. The van der Waals surface area contributed by atoms with E-state index < -0.39 is 12.0 Å². The summed E-state index contributed by atoms with van der Waals surface area (Å²) in [6, 6.07) is 5.79. The van der Waals surface area contributed by atoms with Crippen molar-refractivity contribution in [3.63, 3.8) is 0 Å². The van der Waals surface area contributed by atoms with Gasteiger partial charge in [-0.25, -0.2) is 0 Å². The standard InChI is InChI=1S/C21H26N2O3S/c1-4-16(26-14-10-9-12(2)13(3)11-14)20(25)23-21-18(19(22)24)15-7-5-6-8-17(15)27-21/h9-11,16H,4-8H2,1-3H3,(H2,22,24)(H,23,25). The van der Waals surface area contributed by atoms with Gasteiger partial charge in [0.25, 0.3) is 11.8 Å². The minimum atomic E-state index is -0.632. The van der Waals surface area contributed by atoms with E-state index in [4.69, 9.17) is 10.5 Å². The van der Waals surface area contributed by atoms with Crippen molar-refractivity contribution in [2.45, 2.75) is 59.0 Å². The van der Waals surface area contributed by atoms with E-state index >= 15 is 0 Å². The average Bonchev–Trinajstić information content (AvgIpc) is 3.00. The first-order chi connectivity index (χ1) is 12.9. The van der Waals surface area contributed by atoms with Crippen molar-refractivity contribution in [3.8, 4) is 5.75 Å². The van der Waals surface area contributed by atoms with E-state index in [-0.39, 0.29) is 5.91 Å². The number of hydrogen-bond donors (Lipinski definition) is 2. The molecule has 27 heavy (non-hydrogen) atoms. The minimum absolute atomic E-state index is 0.253. The van der Waals surface area contributed by atoms with Gasteiger partial charge in [-0.2, -0.15) is 0 Å². The molecule has 1 aliphatic rings. The molecule has 1 aliphatic carbocycles. The van der Waals surface area contributed by atoms with Crippen LogP contribution in [0.2, 0.25) is 0 Å². The van der Waals surface area contributed by atoms with Crippen LogP contribution < -0.4 is 15.8 Å². The summed E-state index contributed by atoms with van der Waals surface area (Å²) >= 11 is 1.47. The average molecular weight is 387 g/mol. The first-order valence-electron chi connectivity index (χ1n) is 9.39. The maximum atomic E-state index is 12.8. The van der Waals surface area contributed by atoms with E-state index in [1.54, 1.807) is 0 Å². The van der Waals surface area contributed by atoms with Crippen molar-refractivity contribution < 1.29 is 14.3 Å². The summed E-state index contributed by atoms with van der Waals surface area (Å²) < 4.78 is 5.91. The van der Waals surface area contributed by atoms with Crippen molar-refractivity contribution in [2.24, 2.45) is 5.73 Å². The van der Waals surface area contributed by atoms with Gasteiger partial charge in [0, 0.05) is 4.88 Å². The molecule has 1 unspecified atom stereocenters. The van der Waals surface area contributed by atoms with Gasteiger partial charge in [0.1, 0.15) is 10.8 Å². The number of thiophene rings is 1. The molecule has 0 aliphatic heterocycles. The van der Waals surface area contributed by atoms with Gasteiger partial charge in [0.05, 0.1) is 5.56 Å². The van der Waals surface area contributed by atoms with E-state index in [0.717, 1.165) is 41.7 Å². The summed E-state index contributed by atoms with van der Waals surface area (Å²) in [5.41, 5.74) is 9.39. The molecule has 0 spiro atoms. The Morgan fingerprint density at radius 1 is 1.22 bits per heavy atom. The molecule has 0 fully saturated rings. The third-order valence-corrected chi connectivity index (χ3v) is 6.28. The second kappa shape index (κ2) is 8.13. The highest BCUT2D eigenvalue weighted by atomic mass is 32.1. The molecule has 144 valence electrons. The molecule has 3 N–H and O–H groups in total. The third kappa shape index (κ3) is 4.16. The number of anilines is 1. The molecule has 0 radical (unpaired) electrons. The van der Waals surface area contributed by atoms with Crippen molar-refractivity contribution in [1.29, 1.82) is 0 Å². The lowest BCUT2D eigenvalue weighted by Crippen LogP contribution is -2.32.